The number of ether oxygens (including phenoxy) is 1. The molecule has 0 aliphatic heterocycles. The maximum Gasteiger partial charge on any atom is 0.432 e. The van der Waals surface area contributed by atoms with Gasteiger partial charge in [-0.15, -0.1) is 0 Å². The number of rotatable bonds is 12. The number of hydrogen-bond donors (Lipinski definition) is 0. The molecular weight excluding hydrogens is 662 g/mol. The van der Waals surface area contributed by atoms with Gasteiger partial charge in [-0.2, -0.15) is 17.6 Å². The fraction of sp³-hybridized carbons (Fsp3) is 0.368. The largest absolute Gasteiger partial charge is 0.432 e. The highest BCUT2D eigenvalue weighted by atomic mass is 19.3. The van der Waals surface area contributed by atoms with E-state index >= 15 is 4.39 Å². The molecule has 0 unspecified atom stereocenters. The molecular formula is C38H34F10O. The van der Waals surface area contributed by atoms with Gasteiger partial charge in [0.1, 0.15) is 40.4 Å². The van der Waals surface area contributed by atoms with Crippen molar-refractivity contribution in [2.75, 3.05) is 6.67 Å². The highest BCUT2D eigenvalue weighted by Crippen LogP contribution is 2.41. The van der Waals surface area contributed by atoms with Crippen LogP contribution in [0.4, 0.5) is 43.9 Å². The van der Waals surface area contributed by atoms with Gasteiger partial charge in [0.05, 0.1) is 5.56 Å². The van der Waals surface area contributed by atoms with Crippen LogP contribution >= 0.6 is 0 Å². The van der Waals surface area contributed by atoms with Gasteiger partial charge >= 0.3 is 12.0 Å². The lowest BCUT2D eigenvalue weighted by Gasteiger charge is -2.29. The zero-order chi connectivity index (χ0) is 35.5. The summed E-state index contributed by atoms with van der Waals surface area (Å²) < 4.78 is 147. The van der Waals surface area contributed by atoms with Crippen molar-refractivity contribution in [1.82, 2.24) is 0 Å². The smallest absolute Gasteiger partial charge is 0.429 e. The van der Waals surface area contributed by atoms with Gasteiger partial charge in [0.15, 0.2) is 6.67 Å². The van der Waals surface area contributed by atoms with Gasteiger partial charge in [0.25, 0.3) is 0 Å². The maximum absolute atomic E-state index is 15.3. The third-order valence-electron chi connectivity index (χ3n) is 9.19. The second-order valence-electron chi connectivity index (χ2n) is 12.6. The minimum absolute atomic E-state index is 0.0923. The molecule has 1 aliphatic rings. The van der Waals surface area contributed by atoms with Crippen LogP contribution in [0, 0.1) is 35.0 Å². The quantitative estimate of drug-likeness (QED) is 0.106. The third kappa shape index (κ3) is 8.07. The van der Waals surface area contributed by atoms with Crippen LogP contribution in [0.25, 0.3) is 22.3 Å². The monoisotopic (exact) mass is 696 g/mol. The average Bonchev–Trinajstić information content (AvgIpc) is 3.04. The molecule has 0 bridgehead atoms. The topological polar surface area (TPSA) is 9.23 Å². The third-order valence-corrected chi connectivity index (χ3v) is 9.19. The van der Waals surface area contributed by atoms with Gasteiger partial charge in [0, 0.05) is 17.7 Å². The molecule has 49 heavy (non-hydrogen) atoms. The fourth-order valence-electron chi connectivity index (χ4n) is 6.57. The van der Waals surface area contributed by atoms with Gasteiger partial charge < -0.3 is 4.74 Å². The number of halogens is 10. The summed E-state index contributed by atoms with van der Waals surface area (Å²) in [6, 6.07) is 12.4. The van der Waals surface area contributed by atoms with Gasteiger partial charge in [-0.25, -0.2) is 26.3 Å². The van der Waals surface area contributed by atoms with Gasteiger partial charge in [-0.3, -0.25) is 0 Å². The van der Waals surface area contributed by atoms with E-state index in [1.807, 2.05) is 24.3 Å². The van der Waals surface area contributed by atoms with E-state index in [4.69, 9.17) is 0 Å². The predicted molar refractivity (Wildman–Crippen MR) is 167 cm³/mol. The first-order valence-corrected chi connectivity index (χ1v) is 16.1. The Bertz CT molecular complexity index is 1720. The van der Waals surface area contributed by atoms with Gasteiger partial charge in [0.2, 0.25) is 0 Å². The van der Waals surface area contributed by atoms with Crippen LogP contribution in [0.5, 0.6) is 5.75 Å². The summed E-state index contributed by atoms with van der Waals surface area (Å²) in [4.78, 5) is 0. The van der Waals surface area contributed by atoms with Crippen LogP contribution in [0.15, 0.2) is 66.7 Å². The minimum atomic E-state index is -4.90. The Balaban J connectivity index is 1.30. The number of alkyl halides is 5. The molecule has 262 valence electrons. The predicted octanol–water partition coefficient (Wildman–Crippen LogP) is 12.8. The van der Waals surface area contributed by atoms with Crippen LogP contribution in [-0.4, -0.2) is 6.67 Å². The van der Waals surface area contributed by atoms with E-state index in [1.165, 1.54) is 56.2 Å². The molecule has 0 amide bonds. The first-order valence-electron chi connectivity index (χ1n) is 16.1. The van der Waals surface area contributed by atoms with Crippen LogP contribution in [0.1, 0.15) is 80.9 Å². The molecule has 11 heteroatoms. The molecule has 1 nitrogen and oxygen atoms in total. The first kappa shape index (κ1) is 36.3. The lowest BCUT2D eigenvalue weighted by molar-refractivity contribution is -0.189. The van der Waals surface area contributed by atoms with Crippen molar-refractivity contribution in [3.63, 3.8) is 0 Å². The van der Waals surface area contributed by atoms with E-state index in [1.54, 1.807) is 0 Å². The maximum atomic E-state index is 15.3. The van der Waals surface area contributed by atoms with E-state index in [0.29, 0.717) is 29.2 Å². The van der Waals surface area contributed by atoms with Crippen LogP contribution in [0.2, 0.25) is 0 Å². The standard InChI is InChI=1S/C38H34F10O/c1-2-3-4-5-22-6-8-23(9-7-22)24-10-12-25(13-11-24)26-14-15-29(30(40)16-26)27-17-31(41)36(32(42)18-27)38(47,48)49-28-19-33(43)35(34(44)20-28)37(45,46)21-39/h10-20,22-23H,2-9,21H2,1H3. The van der Waals surface area contributed by atoms with Crippen molar-refractivity contribution in [2.45, 2.75) is 76.2 Å². The summed E-state index contributed by atoms with van der Waals surface area (Å²) in [6.45, 7) is -0.274. The molecule has 0 N–H and O–H groups in total. The van der Waals surface area contributed by atoms with Crippen molar-refractivity contribution in [3.05, 3.63) is 113 Å². The summed E-state index contributed by atoms with van der Waals surface area (Å²) in [5.74, 6) is -13.6. The van der Waals surface area contributed by atoms with Crippen LogP contribution in [0.3, 0.4) is 0 Å². The number of benzene rings is 4. The lowest BCUT2D eigenvalue weighted by Crippen LogP contribution is -2.26. The lowest BCUT2D eigenvalue weighted by atomic mass is 9.77. The second kappa shape index (κ2) is 14.8. The molecule has 4 aromatic rings. The molecule has 1 aliphatic carbocycles. The molecule has 1 fully saturated rings. The van der Waals surface area contributed by atoms with Crippen molar-refractivity contribution in [2.24, 2.45) is 5.92 Å². The average molecular weight is 697 g/mol. The molecule has 0 radical (unpaired) electrons. The Hall–Kier alpha value is -4.02. The van der Waals surface area contributed by atoms with E-state index in [9.17, 15) is 39.5 Å². The Kier molecular flexibility index (Phi) is 11.0. The Morgan fingerprint density at radius 1 is 0.633 bits per heavy atom. The SMILES string of the molecule is CCCCCC1CCC(c2ccc(-c3ccc(-c4cc(F)c(C(F)(F)Oc5cc(F)c(C(F)(F)CF)c(F)c5)c(F)c4)c(F)c3)cc2)CC1. The highest BCUT2D eigenvalue weighted by molar-refractivity contribution is 5.71. The van der Waals surface area contributed by atoms with Crippen molar-refractivity contribution < 1.29 is 48.6 Å². The van der Waals surface area contributed by atoms with Gasteiger partial charge in [-0.1, -0.05) is 69.0 Å². The normalized spacial score (nSPS) is 17.0. The molecule has 0 saturated heterocycles. The number of hydrogen-bond acceptors (Lipinski definition) is 1. The zero-order valence-electron chi connectivity index (χ0n) is 26.6. The Labute approximate surface area is 277 Å². The van der Waals surface area contributed by atoms with Crippen molar-refractivity contribution in [1.29, 1.82) is 0 Å². The van der Waals surface area contributed by atoms with Crippen LogP contribution < -0.4 is 4.74 Å². The van der Waals surface area contributed by atoms with Gasteiger partial charge in [-0.05, 0) is 78.0 Å². The highest BCUT2D eigenvalue weighted by Gasteiger charge is 2.43. The molecule has 0 atom stereocenters. The minimum Gasteiger partial charge on any atom is -0.429 e. The molecule has 0 aromatic heterocycles. The molecule has 5 rings (SSSR count). The van der Waals surface area contributed by atoms with Crippen LogP contribution in [-0.2, 0) is 12.0 Å². The summed E-state index contributed by atoms with van der Waals surface area (Å²) in [5, 5.41) is 0. The zero-order valence-corrected chi connectivity index (χ0v) is 26.6. The Morgan fingerprint density at radius 3 is 1.73 bits per heavy atom. The van der Waals surface area contributed by atoms with Crippen molar-refractivity contribution in [3.8, 4) is 28.0 Å². The number of unbranched alkanes of at least 4 members (excludes halogenated alkanes) is 2. The first-order chi connectivity index (χ1) is 23.2. The molecule has 1 saturated carbocycles. The van der Waals surface area contributed by atoms with E-state index < -0.39 is 70.2 Å². The summed E-state index contributed by atoms with van der Waals surface area (Å²) in [5.41, 5.74) is -2.31. The van der Waals surface area contributed by atoms with E-state index in [2.05, 4.69) is 11.7 Å². The Morgan fingerprint density at radius 2 is 1.18 bits per heavy atom. The summed E-state index contributed by atoms with van der Waals surface area (Å²) >= 11 is 0. The summed E-state index contributed by atoms with van der Waals surface area (Å²) in [6.07, 6.45) is 4.78. The van der Waals surface area contributed by atoms with E-state index in [-0.39, 0.29) is 17.7 Å². The molecule has 4 aromatic carbocycles. The fourth-order valence-corrected chi connectivity index (χ4v) is 6.57. The summed E-state index contributed by atoms with van der Waals surface area (Å²) in [7, 11) is 0. The van der Waals surface area contributed by atoms with E-state index in [0.717, 1.165) is 24.8 Å². The molecule has 0 spiro atoms. The molecule has 0 heterocycles. The van der Waals surface area contributed by atoms with Crippen molar-refractivity contribution >= 4 is 0 Å². The second-order valence-corrected chi connectivity index (χ2v) is 12.6.